The molecule has 1 fully saturated rings. The standard InChI is InChI=1S/C24H33N3O/c1-4-23(21-13-12-19-10-5-6-11-20(19)14-21)26-24(28)22(15-25)16-27-17(2)8-7-9-18(27)3/h12-14,16-18,23H,4-11H2,1-3H3,(H,26,28)/b22-16-. The first-order chi connectivity index (χ1) is 13.5. The minimum Gasteiger partial charge on any atom is -0.371 e. The van der Waals surface area contributed by atoms with E-state index in [9.17, 15) is 10.1 Å². The summed E-state index contributed by atoms with van der Waals surface area (Å²) >= 11 is 0. The zero-order valence-electron chi connectivity index (χ0n) is 17.5. The lowest BCUT2D eigenvalue weighted by Gasteiger charge is -2.38. The van der Waals surface area contributed by atoms with Gasteiger partial charge in [-0.3, -0.25) is 4.79 Å². The first-order valence-electron chi connectivity index (χ1n) is 10.9. The van der Waals surface area contributed by atoms with E-state index in [1.54, 1.807) is 6.20 Å². The predicted octanol–water partition coefficient (Wildman–Crippen LogP) is 4.80. The molecule has 1 aromatic carbocycles. The Bertz CT molecular complexity index is 767. The van der Waals surface area contributed by atoms with Crippen LogP contribution in [0.1, 0.15) is 82.0 Å². The zero-order chi connectivity index (χ0) is 20.1. The molecule has 1 saturated heterocycles. The van der Waals surface area contributed by atoms with E-state index in [1.807, 2.05) is 0 Å². The van der Waals surface area contributed by atoms with E-state index in [0.717, 1.165) is 37.7 Å². The van der Waals surface area contributed by atoms with Crippen LogP contribution in [0.2, 0.25) is 0 Å². The number of likely N-dealkylation sites (tertiary alicyclic amines) is 1. The summed E-state index contributed by atoms with van der Waals surface area (Å²) in [5.41, 5.74) is 4.22. The average molecular weight is 380 g/mol. The molecule has 1 N–H and O–H groups in total. The van der Waals surface area contributed by atoms with Gasteiger partial charge in [0.25, 0.3) is 5.91 Å². The molecule has 0 aromatic heterocycles. The van der Waals surface area contributed by atoms with Gasteiger partial charge in [0, 0.05) is 18.3 Å². The molecule has 0 radical (unpaired) electrons. The summed E-state index contributed by atoms with van der Waals surface area (Å²) in [5.74, 6) is -0.267. The first kappa shape index (κ1) is 20.5. The van der Waals surface area contributed by atoms with Crippen LogP contribution in [0.4, 0.5) is 0 Å². The highest BCUT2D eigenvalue weighted by atomic mass is 16.1. The summed E-state index contributed by atoms with van der Waals surface area (Å²) in [6, 6.07) is 9.41. The van der Waals surface area contributed by atoms with Gasteiger partial charge in [-0.2, -0.15) is 5.26 Å². The van der Waals surface area contributed by atoms with Crippen molar-refractivity contribution in [3.63, 3.8) is 0 Å². The third kappa shape index (κ3) is 4.58. The average Bonchev–Trinajstić information content (AvgIpc) is 2.71. The van der Waals surface area contributed by atoms with Crippen LogP contribution in [0.5, 0.6) is 0 Å². The fraction of sp³-hybridized carbons (Fsp3) is 0.583. The number of amides is 1. The van der Waals surface area contributed by atoms with Gasteiger partial charge in [0.2, 0.25) is 0 Å². The van der Waals surface area contributed by atoms with Gasteiger partial charge in [0.1, 0.15) is 11.6 Å². The third-order valence-corrected chi connectivity index (χ3v) is 6.39. The minimum atomic E-state index is -0.267. The second-order valence-corrected chi connectivity index (χ2v) is 8.40. The van der Waals surface area contributed by atoms with E-state index in [-0.39, 0.29) is 17.5 Å². The lowest BCUT2D eigenvalue weighted by molar-refractivity contribution is -0.118. The molecule has 1 amide bonds. The fourth-order valence-corrected chi connectivity index (χ4v) is 4.61. The fourth-order valence-electron chi connectivity index (χ4n) is 4.61. The van der Waals surface area contributed by atoms with Crippen LogP contribution in [-0.4, -0.2) is 22.9 Å². The molecule has 2 aliphatic rings. The molecule has 3 unspecified atom stereocenters. The number of piperidine rings is 1. The second-order valence-electron chi connectivity index (χ2n) is 8.40. The number of nitriles is 1. The van der Waals surface area contributed by atoms with E-state index in [2.05, 4.69) is 55.3 Å². The van der Waals surface area contributed by atoms with Gasteiger partial charge in [-0.25, -0.2) is 0 Å². The van der Waals surface area contributed by atoms with Gasteiger partial charge in [-0.1, -0.05) is 25.1 Å². The van der Waals surface area contributed by atoms with Gasteiger partial charge in [0.15, 0.2) is 0 Å². The van der Waals surface area contributed by atoms with E-state index >= 15 is 0 Å². The molecule has 0 bridgehead atoms. The Morgan fingerprint density at radius 3 is 2.54 bits per heavy atom. The van der Waals surface area contributed by atoms with E-state index in [4.69, 9.17) is 0 Å². The first-order valence-corrected chi connectivity index (χ1v) is 10.9. The summed E-state index contributed by atoms with van der Waals surface area (Å²) in [7, 11) is 0. The number of hydrogen-bond donors (Lipinski definition) is 1. The molecule has 4 nitrogen and oxygen atoms in total. The van der Waals surface area contributed by atoms with Crippen LogP contribution >= 0.6 is 0 Å². The highest BCUT2D eigenvalue weighted by Gasteiger charge is 2.24. The number of rotatable bonds is 5. The Labute approximate surface area is 169 Å². The van der Waals surface area contributed by atoms with E-state index in [0.29, 0.717) is 12.1 Å². The maximum Gasteiger partial charge on any atom is 0.263 e. The number of fused-ring (bicyclic) bond motifs is 1. The third-order valence-electron chi connectivity index (χ3n) is 6.39. The molecular weight excluding hydrogens is 346 g/mol. The van der Waals surface area contributed by atoms with E-state index < -0.39 is 0 Å². The minimum absolute atomic E-state index is 0.0623. The molecule has 28 heavy (non-hydrogen) atoms. The normalized spacial score (nSPS) is 23.5. The Morgan fingerprint density at radius 2 is 1.89 bits per heavy atom. The van der Waals surface area contributed by atoms with Crippen molar-refractivity contribution >= 4 is 5.91 Å². The van der Waals surface area contributed by atoms with Crippen molar-refractivity contribution in [2.45, 2.75) is 90.3 Å². The number of benzene rings is 1. The molecule has 0 spiro atoms. The number of aryl methyl sites for hydroxylation is 2. The van der Waals surface area contributed by atoms with Gasteiger partial charge in [-0.15, -0.1) is 0 Å². The number of nitrogens with one attached hydrogen (secondary N) is 1. The Morgan fingerprint density at radius 1 is 1.21 bits per heavy atom. The lowest BCUT2D eigenvalue weighted by Crippen LogP contribution is -2.40. The van der Waals surface area contributed by atoms with Gasteiger partial charge < -0.3 is 10.2 Å². The molecule has 1 aliphatic heterocycles. The topological polar surface area (TPSA) is 56.1 Å². The summed E-state index contributed by atoms with van der Waals surface area (Å²) in [5, 5.41) is 12.7. The highest BCUT2D eigenvalue weighted by Crippen LogP contribution is 2.27. The van der Waals surface area contributed by atoms with Crippen molar-refractivity contribution in [1.82, 2.24) is 10.2 Å². The molecule has 1 aromatic rings. The van der Waals surface area contributed by atoms with Crippen LogP contribution < -0.4 is 5.32 Å². The summed E-state index contributed by atoms with van der Waals surface area (Å²) < 4.78 is 0. The SMILES string of the molecule is CCC(NC(=O)/C(C#N)=C\N1C(C)CCCC1C)c1ccc2c(c1)CCCC2. The number of carbonyl (C=O) groups excluding carboxylic acids is 1. The number of hydrogen-bond acceptors (Lipinski definition) is 3. The van der Waals surface area contributed by atoms with Gasteiger partial charge >= 0.3 is 0 Å². The van der Waals surface area contributed by atoms with Crippen LogP contribution in [-0.2, 0) is 17.6 Å². The van der Waals surface area contributed by atoms with Crippen molar-refractivity contribution in [3.8, 4) is 6.07 Å². The molecule has 1 heterocycles. The molecule has 3 atom stereocenters. The van der Waals surface area contributed by atoms with Crippen LogP contribution in [0.15, 0.2) is 30.0 Å². The predicted molar refractivity (Wildman–Crippen MR) is 113 cm³/mol. The quantitative estimate of drug-likeness (QED) is 0.590. The molecular formula is C24H33N3O. The molecule has 0 saturated carbocycles. The number of carbonyl (C=O) groups is 1. The van der Waals surface area contributed by atoms with Crippen LogP contribution in [0.25, 0.3) is 0 Å². The monoisotopic (exact) mass is 379 g/mol. The summed E-state index contributed by atoms with van der Waals surface area (Å²) in [6.07, 6.45) is 10.8. The summed E-state index contributed by atoms with van der Waals surface area (Å²) in [6.45, 7) is 6.41. The Hall–Kier alpha value is -2.28. The van der Waals surface area contributed by atoms with E-state index in [1.165, 1.54) is 30.4 Å². The van der Waals surface area contributed by atoms with Crippen molar-refractivity contribution in [2.75, 3.05) is 0 Å². The number of nitrogens with zero attached hydrogens (tertiary/aromatic N) is 2. The van der Waals surface area contributed by atoms with Gasteiger partial charge in [-0.05, 0) is 81.9 Å². The van der Waals surface area contributed by atoms with Crippen molar-refractivity contribution < 1.29 is 4.79 Å². The zero-order valence-corrected chi connectivity index (χ0v) is 17.5. The Kier molecular flexibility index (Phi) is 6.78. The van der Waals surface area contributed by atoms with Gasteiger partial charge in [0.05, 0.1) is 6.04 Å². The Balaban J connectivity index is 1.75. The maximum atomic E-state index is 12.9. The molecule has 150 valence electrons. The van der Waals surface area contributed by atoms with Crippen LogP contribution in [0, 0.1) is 11.3 Å². The highest BCUT2D eigenvalue weighted by molar-refractivity contribution is 5.97. The molecule has 1 aliphatic carbocycles. The van der Waals surface area contributed by atoms with Crippen molar-refractivity contribution in [2.24, 2.45) is 0 Å². The smallest absolute Gasteiger partial charge is 0.263 e. The van der Waals surface area contributed by atoms with Crippen LogP contribution in [0.3, 0.4) is 0 Å². The molecule has 4 heteroatoms. The maximum absolute atomic E-state index is 12.9. The second kappa shape index (κ2) is 9.28. The largest absolute Gasteiger partial charge is 0.371 e. The molecule has 3 rings (SSSR count). The summed E-state index contributed by atoms with van der Waals surface area (Å²) in [4.78, 5) is 15.0. The van der Waals surface area contributed by atoms with Crippen molar-refractivity contribution in [1.29, 1.82) is 5.26 Å². The lowest BCUT2D eigenvalue weighted by atomic mass is 9.88. The van der Waals surface area contributed by atoms with Crippen molar-refractivity contribution in [3.05, 3.63) is 46.7 Å².